The molecule has 0 aliphatic heterocycles. The Balaban J connectivity index is 1.96. The summed E-state index contributed by atoms with van der Waals surface area (Å²) in [5.74, 6) is 0. The van der Waals surface area contributed by atoms with Crippen LogP contribution in [0.3, 0.4) is 0 Å². The van der Waals surface area contributed by atoms with E-state index < -0.39 is 0 Å². The highest BCUT2D eigenvalue weighted by Crippen LogP contribution is 2.09. The fourth-order valence-corrected chi connectivity index (χ4v) is 1.69. The summed E-state index contributed by atoms with van der Waals surface area (Å²) in [6, 6.07) is 7.92. The summed E-state index contributed by atoms with van der Waals surface area (Å²) in [7, 11) is 0. The molecule has 0 aromatic carbocycles. The number of rotatable bonds is 3. The van der Waals surface area contributed by atoms with Gasteiger partial charge in [-0.25, -0.2) is 0 Å². The average molecular weight is 214 g/mol. The lowest BCUT2D eigenvalue weighted by Gasteiger charge is -1.87. The third-order valence-electron chi connectivity index (χ3n) is 1.80. The van der Waals surface area contributed by atoms with Crippen LogP contribution in [0.15, 0.2) is 53.2 Å². The Morgan fingerprint density at radius 2 is 2.07 bits per heavy atom. The lowest BCUT2D eigenvalue weighted by molar-refractivity contribution is 1.32. The third kappa shape index (κ3) is 3.14. The minimum absolute atomic E-state index is 1.06. The van der Waals surface area contributed by atoms with Crippen LogP contribution in [0.4, 0.5) is 0 Å². The second-order valence-electron chi connectivity index (χ2n) is 2.89. The zero-order valence-electron chi connectivity index (χ0n) is 8.08. The van der Waals surface area contributed by atoms with Gasteiger partial charge in [0.1, 0.15) is 0 Å². The fraction of sp³-hybridized carbons (Fsp3) is 0. The Bertz CT molecular complexity index is 444. The van der Waals surface area contributed by atoms with Crippen LogP contribution >= 0.6 is 11.3 Å². The van der Waals surface area contributed by atoms with Gasteiger partial charge in [-0.05, 0) is 35.2 Å². The first-order chi connectivity index (χ1) is 7.45. The molecule has 0 unspecified atom stereocenters. The van der Waals surface area contributed by atoms with Crippen molar-refractivity contribution in [3.63, 3.8) is 0 Å². The van der Waals surface area contributed by atoms with E-state index in [4.69, 9.17) is 0 Å². The summed E-state index contributed by atoms with van der Waals surface area (Å²) in [6.07, 6.45) is 9.11. The predicted molar refractivity (Wildman–Crippen MR) is 65.2 cm³/mol. The molecule has 3 heteroatoms. The van der Waals surface area contributed by atoms with Crippen molar-refractivity contribution < 1.29 is 0 Å². The summed E-state index contributed by atoms with van der Waals surface area (Å²) < 4.78 is 0. The molecule has 0 saturated heterocycles. The molecule has 2 aromatic rings. The lowest BCUT2D eigenvalue weighted by atomic mass is 10.3. The highest BCUT2D eigenvalue weighted by atomic mass is 32.1. The molecule has 74 valence electrons. The van der Waals surface area contributed by atoms with E-state index in [9.17, 15) is 0 Å². The van der Waals surface area contributed by atoms with Crippen LogP contribution in [0.25, 0.3) is 6.08 Å². The summed E-state index contributed by atoms with van der Waals surface area (Å²) in [5, 5.41) is 2.05. The van der Waals surface area contributed by atoms with Crippen LogP contribution < -0.4 is 0 Å². The van der Waals surface area contributed by atoms with Crippen molar-refractivity contribution in [3.8, 4) is 0 Å². The molecule has 0 spiro atoms. The van der Waals surface area contributed by atoms with Crippen molar-refractivity contribution in [1.82, 2.24) is 4.98 Å². The van der Waals surface area contributed by atoms with Crippen molar-refractivity contribution in [3.05, 3.63) is 58.7 Å². The first-order valence-electron chi connectivity index (χ1n) is 4.58. The molecule has 2 aromatic heterocycles. The number of nitrogens with zero attached hydrogens (tertiary/aromatic N) is 2. The van der Waals surface area contributed by atoms with E-state index in [-0.39, 0.29) is 0 Å². The van der Waals surface area contributed by atoms with Crippen molar-refractivity contribution in [2.75, 3.05) is 0 Å². The maximum absolute atomic E-state index is 4.19. The van der Waals surface area contributed by atoms with E-state index in [1.807, 2.05) is 35.9 Å². The first kappa shape index (κ1) is 9.80. The van der Waals surface area contributed by atoms with Crippen LogP contribution in [0.1, 0.15) is 10.4 Å². The Kier molecular flexibility index (Phi) is 3.41. The van der Waals surface area contributed by atoms with Crippen LogP contribution in [-0.4, -0.2) is 11.2 Å². The standard InChI is InChI=1S/C12H10N2S/c1-2-12(15-9-1)5-8-14-10-11-3-6-13-7-4-11/h1-10H/b8-5+,14-10?. The monoisotopic (exact) mass is 214 g/mol. The highest BCUT2D eigenvalue weighted by molar-refractivity contribution is 7.10. The van der Waals surface area contributed by atoms with Gasteiger partial charge in [-0.15, -0.1) is 11.3 Å². The number of pyridine rings is 1. The van der Waals surface area contributed by atoms with Gasteiger partial charge in [0.2, 0.25) is 0 Å². The topological polar surface area (TPSA) is 25.2 Å². The molecule has 0 bridgehead atoms. The van der Waals surface area contributed by atoms with Crippen molar-refractivity contribution >= 4 is 23.6 Å². The van der Waals surface area contributed by atoms with Crippen molar-refractivity contribution in [1.29, 1.82) is 0 Å². The van der Waals surface area contributed by atoms with E-state index in [0.717, 1.165) is 5.56 Å². The van der Waals surface area contributed by atoms with Gasteiger partial charge in [0, 0.05) is 29.7 Å². The number of hydrogen-bond donors (Lipinski definition) is 0. The van der Waals surface area contributed by atoms with Gasteiger partial charge in [-0.1, -0.05) is 6.07 Å². The predicted octanol–water partition coefficient (Wildman–Crippen LogP) is 3.23. The molecule has 0 radical (unpaired) electrons. The van der Waals surface area contributed by atoms with Crippen LogP contribution in [-0.2, 0) is 0 Å². The zero-order valence-corrected chi connectivity index (χ0v) is 8.89. The smallest absolute Gasteiger partial charge is 0.0341 e. The third-order valence-corrected chi connectivity index (χ3v) is 2.64. The number of aliphatic imine (C=N–C) groups is 1. The largest absolute Gasteiger partial charge is 0.265 e. The van der Waals surface area contributed by atoms with E-state index in [1.165, 1.54) is 4.88 Å². The number of aromatic nitrogens is 1. The molecule has 0 amide bonds. The average Bonchev–Trinajstić information content (AvgIpc) is 2.79. The van der Waals surface area contributed by atoms with Gasteiger partial charge in [0.05, 0.1) is 0 Å². The summed E-state index contributed by atoms with van der Waals surface area (Å²) in [6.45, 7) is 0. The molecule has 0 N–H and O–H groups in total. The molecule has 0 atom stereocenters. The fourth-order valence-electron chi connectivity index (χ4n) is 1.08. The van der Waals surface area contributed by atoms with Crippen LogP contribution in [0, 0.1) is 0 Å². The Hall–Kier alpha value is -1.74. The van der Waals surface area contributed by atoms with E-state index >= 15 is 0 Å². The maximum Gasteiger partial charge on any atom is 0.0341 e. The summed E-state index contributed by atoms with van der Waals surface area (Å²) >= 11 is 1.70. The Morgan fingerprint density at radius 1 is 1.20 bits per heavy atom. The van der Waals surface area contributed by atoms with E-state index in [1.54, 1.807) is 29.9 Å². The zero-order chi connectivity index (χ0) is 10.3. The minimum atomic E-state index is 1.06. The molecule has 0 aliphatic rings. The molecule has 15 heavy (non-hydrogen) atoms. The molecule has 0 fully saturated rings. The SMILES string of the molecule is C(=N/C=C/c1cccs1)c1ccncc1. The number of thiophene rings is 1. The molecule has 0 saturated carbocycles. The van der Waals surface area contributed by atoms with Crippen molar-refractivity contribution in [2.24, 2.45) is 4.99 Å². The van der Waals surface area contributed by atoms with E-state index in [0.29, 0.717) is 0 Å². The Morgan fingerprint density at radius 3 is 2.80 bits per heavy atom. The van der Waals surface area contributed by atoms with Gasteiger partial charge in [0.25, 0.3) is 0 Å². The molecule has 2 rings (SSSR count). The van der Waals surface area contributed by atoms with Gasteiger partial charge < -0.3 is 0 Å². The van der Waals surface area contributed by atoms with Crippen molar-refractivity contribution in [2.45, 2.75) is 0 Å². The lowest BCUT2D eigenvalue weighted by Crippen LogP contribution is -1.78. The van der Waals surface area contributed by atoms with Crippen LogP contribution in [0.5, 0.6) is 0 Å². The molecule has 2 nitrogen and oxygen atoms in total. The second-order valence-corrected chi connectivity index (χ2v) is 3.87. The maximum atomic E-state index is 4.19. The normalized spacial score (nSPS) is 11.5. The Labute approximate surface area is 92.6 Å². The van der Waals surface area contributed by atoms with Gasteiger partial charge >= 0.3 is 0 Å². The second kappa shape index (κ2) is 5.22. The summed E-state index contributed by atoms with van der Waals surface area (Å²) in [5.41, 5.74) is 1.06. The molecule has 2 heterocycles. The molecular formula is C12H10N2S. The van der Waals surface area contributed by atoms with E-state index in [2.05, 4.69) is 16.0 Å². The summed E-state index contributed by atoms with van der Waals surface area (Å²) in [4.78, 5) is 9.34. The highest BCUT2D eigenvalue weighted by Gasteiger charge is 1.84. The first-order valence-corrected chi connectivity index (χ1v) is 5.46. The van der Waals surface area contributed by atoms with Gasteiger partial charge in [0.15, 0.2) is 0 Å². The van der Waals surface area contributed by atoms with Crippen LogP contribution in [0.2, 0.25) is 0 Å². The van der Waals surface area contributed by atoms with Gasteiger partial charge in [-0.2, -0.15) is 0 Å². The molecule has 0 aliphatic carbocycles. The van der Waals surface area contributed by atoms with Gasteiger partial charge in [-0.3, -0.25) is 9.98 Å². The quantitative estimate of drug-likeness (QED) is 0.720. The molecular weight excluding hydrogens is 204 g/mol. The minimum Gasteiger partial charge on any atom is -0.265 e. The number of hydrogen-bond acceptors (Lipinski definition) is 3.